The third-order valence-corrected chi connectivity index (χ3v) is 4.27. The molecule has 2 nitrogen and oxygen atoms in total. The van der Waals surface area contributed by atoms with E-state index in [0.29, 0.717) is 0 Å². The molecule has 0 aliphatic carbocycles. The Morgan fingerprint density at radius 3 is 1.58 bits per heavy atom. The highest BCUT2D eigenvalue weighted by atomic mass is 16.7. The predicted molar refractivity (Wildman–Crippen MR) is 112 cm³/mol. The first-order valence-corrected chi connectivity index (χ1v) is 10.5. The van der Waals surface area contributed by atoms with E-state index in [2.05, 4.69) is 78.8 Å². The molecule has 0 bridgehead atoms. The molecule has 0 N–H and O–H groups in total. The monoisotopic (exact) mass is 362 g/mol. The molecule has 0 fully saturated rings. The molecule has 1 aromatic carbocycles. The zero-order valence-corrected chi connectivity index (χ0v) is 18.4. The van der Waals surface area contributed by atoms with Gasteiger partial charge in [0.05, 0.1) is 11.2 Å². The fourth-order valence-electron chi connectivity index (χ4n) is 3.38. The van der Waals surface area contributed by atoms with Crippen LogP contribution in [0.15, 0.2) is 30.3 Å². The van der Waals surface area contributed by atoms with Gasteiger partial charge in [-0.2, -0.15) is 0 Å². The van der Waals surface area contributed by atoms with E-state index in [4.69, 9.17) is 9.47 Å². The summed E-state index contributed by atoms with van der Waals surface area (Å²) in [6.45, 7) is 14.9. The van der Waals surface area contributed by atoms with Crippen LogP contribution in [-0.2, 0) is 15.3 Å². The topological polar surface area (TPSA) is 18.5 Å². The molecule has 150 valence electrons. The molecular weight excluding hydrogens is 320 g/mol. The van der Waals surface area contributed by atoms with Gasteiger partial charge in [0.1, 0.15) is 0 Å². The number of hydrogen-bond acceptors (Lipinski definition) is 2. The van der Waals surface area contributed by atoms with Crippen LogP contribution in [0.5, 0.6) is 0 Å². The molecule has 1 rings (SSSR count). The number of hydrogen-bond donors (Lipinski definition) is 0. The summed E-state index contributed by atoms with van der Waals surface area (Å²) < 4.78 is 13.2. The predicted octanol–water partition coefficient (Wildman–Crippen LogP) is 7.61. The molecule has 0 radical (unpaired) electrons. The van der Waals surface area contributed by atoms with Crippen molar-refractivity contribution in [3.05, 3.63) is 35.9 Å². The van der Waals surface area contributed by atoms with Crippen LogP contribution in [0.25, 0.3) is 0 Å². The molecule has 0 heterocycles. The molecule has 0 aliphatic heterocycles. The van der Waals surface area contributed by atoms with Crippen molar-refractivity contribution in [2.45, 2.75) is 117 Å². The summed E-state index contributed by atoms with van der Waals surface area (Å²) in [5.41, 5.74) is 0.570. The van der Waals surface area contributed by atoms with Crippen LogP contribution in [0.1, 0.15) is 105 Å². The molecule has 26 heavy (non-hydrogen) atoms. The minimum absolute atomic E-state index is 0.276. The van der Waals surface area contributed by atoms with Crippen LogP contribution in [-0.4, -0.2) is 11.2 Å². The second kappa shape index (κ2) is 10.5. The Balaban J connectivity index is 2.91. The summed E-state index contributed by atoms with van der Waals surface area (Å²) in [4.78, 5) is 0. The lowest BCUT2D eigenvalue weighted by Crippen LogP contribution is -2.44. The standard InChI is InChI=1S/C24H42O2/c1-8-9-10-11-12-13-17-20-24(25-22(2,3)4,26-23(5,6)7)21-18-15-14-16-19-21/h14-16,18-19H,8-13,17,20H2,1-7H3. The minimum Gasteiger partial charge on any atom is -0.340 e. The van der Waals surface area contributed by atoms with Gasteiger partial charge in [-0.25, -0.2) is 0 Å². The third-order valence-electron chi connectivity index (χ3n) is 4.27. The van der Waals surface area contributed by atoms with Crippen molar-refractivity contribution in [2.24, 2.45) is 0 Å². The normalized spacial score (nSPS) is 13.2. The zero-order chi connectivity index (χ0) is 19.7. The lowest BCUT2D eigenvalue weighted by molar-refractivity contribution is -0.324. The summed E-state index contributed by atoms with van der Waals surface area (Å²) in [7, 11) is 0. The maximum Gasteiger partial charge on any atom is 0.195 e. The molecule has 0 unspecified atom stereocenters. The number of unbranched alkanes of at least 4 members (excludes halogenated alkanes) is 6. The van der Waals surface area contributed by atoms with Crippen LogP contribution < -0.4 is 0 Å². The van der Waals surface area contributed by atoms with Crippen molar-refractivity contribution in [3.8, 4) is 0 Å². The minimum atomic E-state index is -0.693. The highest BCUT2D eigenvalue weighted by Gasteiger charge is 2.41. The summed E-state index contributed by atoms with van der Waals surface area (Å²) in [5.74, 6) is -0.693. The van der Waals surface area contributed by atoms with Gasteiger partial charge in [-0.3, -0.25) is 0 Å². The Hall–Kier alpha value is -0.860. The fourth-order valence-corrected chi connectivity index (χ4v) is 3.38. The van der Waals surface area contributed by atoms with Gasteiger partial charge in [0.15, 0.2) is 5.79 Å². The first-order valence-electron chi connectivity index (χ1n) is 10.5. The van der Waals surface area contributed by atoms with Crippen LogP contribution in [0, 0.1) is 0 Å². The summed E-state index contributed by atoms with van der Waals surface area (Å²) in [6.07, 6.45) is 9.90. The molecular formula is C24H42O2. The van der Waals surface area contributed by atoms with Gasteiger partial charge in [0.2, 0.25) is 0 Å². The zero-order valence-electron chi connectivity index (χ0n) is 18.4. The van der Waals surface area contributed by atoms with E-state index in [9.17, 15) is 0 Å². The van der Waals surface area contributed by atoms with E-state index in [1.54, 1.807) is 0 Å². The van der Waals surface area contributed by atoms with Gasteiger partial charge in [0.25, 0.3) is 0 Å². The average Bonchev–Trinajstić information content (AvgIpc) is 2.51. The van der Waals surface area contributed by atoms with Crippen molar-refractivity contribution >= 4 is 0 Å². The van der Waals surface area contributed by atoms with Crippen LogP contribution in [0.4, 0.5) is 0 Å². The number of benzene rings is 1. The maximum atomic E-state index is 6.61. The van der Waals surface area contributed by atoms with Gasteiger partial charge in [-0.1, -0.05) is 75.8 Å². The first kappa shape index (κ1) is 23.2. The molecule has 2 heteroatoms. The first-order chi connectivity index (χ1) is 12.1. The Labute approximate surface area is 162 Å². The Morgan fingerprint density at radius 2 is 1.12 bits per heavy atom. The van der Waals surface area contributed by atoms with E-state index in [1.165, 1.54) is 38.5 Å². The largest absolute Gasteiger partial charge is 0.340 e. The molecule has 0 atom stereocenters. The van der Waals surface area contributed by atoms with Crippen LogP contribution in [0.2, 0.25) is 0 Å². The smallest absolute Gasteiger partial charge is 0.195 e. The highest BCUT2D eigenvalue weighted by molar-refractivity contribution is 5.21. The molecule has 0 aliphatic rings. The van der Waals surface area contributed by atoms with Crippen molar-refractivity contribution in [1.29, 1.82) is 0 Å². The van der Waals surface area contributed by atoms with E-state index in [0.717, 1.165) is 18.4 Å². The number of rotatable bonds is 11. The van der Waals surface area contributed by atoms with E-state index in [-0.39, 0.29) is 11.2 Å². The van der Waals surface area contributed by atoms with Gasteiger partial charge in [-0.05, 0) is 48.0 Å². The molecule has 0 spiro atoms. The maximum absolute atomic E-state index is 6.61. The van der Waals surface area contributed by atoms with E-state index < -0.39 is 5.79 Å². The van der Waals surface area contributed by atoms with E-state index >= 15 is 0 Å². The lowest BCUT2D eigenvalue weighted by atomic mass is 9.95. The van der Waals surface area contributed by atoms with Crippen molar-refractivity contribution in [3.63, 3.8) is 0 Å². The van der Waals surface area contributed by atoms with Crippen molar-refractivity contribution < 1.29 is 9.47 Å². The van der Waals surface area contributed by atoms with Gasteiger partial charge < -0.3 is 9.47 Å². The fraction of sp³-hybridized carbons (Fsp3) is 0.750. The quantitative estimate of drug-likeness (QED) is 0.298. The Kier molecular flexibility index (Phi) is 9.33. The van der Waals surface area contributed by atoms with Crippen molar-refractivity contribution in [2.75, 3.05) is 0 Å². The van der Waals surface area contributed by atoms with Crippen LogP contribution in [0.3, 0.4) is 0 Å². The Morgan fingerprint density at radius 1 is 0.654 bits per heavy atom. The summed E-state index contributed by atoms with van der Waals surface area (Å²) in [5, 5.41) is 0. The summed E-state index contributed by atoms with van der Waals surface area (Å²) >= 11 is 0. The third kappa shape index (κ3) is 9.19. The second-order valence-electron chi connectivity index (χ2n) is 9.42. The molecule has 0 aromatic heterocycles. The van der Waals surface area contributed by atoms with Crippen molar-refractivity contribution in [1.82, 2.24) is 0 Å². The van der Waals surface area contributed by atoms with Gasteiger partial charge in [-0.15, -0.1) is 0 Å². The Bertz CT molecular complexity index is 463. The molecule has 1 aromatic rings. The highest BCUT2D eigenvalue weighted by Crippen LogP contribution is 2.40. The number of ether oxygens (including phenoxy) is 2. The molecule has 0 saturated heterocycles. The van der Waals surface area contributed by atoms with Gasteiger partial charge in [0, 0.05) is 12.0 Å². The van der Waals surface area contributed by atoms with Gasteiger partial charge >= 0.3 is 0 Å². The second-order valence-corrected chi connectivity index (χ2v) is 9.42. The molecule has 0 saturated carbocycles. The molecule has 0 amide bonds. The lowest BCUT2D eigenvalue weighted by Gasteiger charge is -2.43. The SMILES string of the molecule is CCCCCCCCCC(OC(C)(C)C)(OC(C)(C)C)c1ccccc1. The van der Waals surface area contributed by atoms with E-state index in [1.807, 2.05) is 0 Å². The summed E-state index contributed by atoms with van der Waals surface area (Å²) in [6, 6.07) is 10.5. The average molecular weight is 363 g/mol. The van der Waals surface area contributed by atoms with Crippen LogP contribution >= 0.6 is 0 Å².